The average Bonchev–Trinajstić information content (AvgIpc) is 2.43. The third-order valence-electron chi connectivity index (χ3n) is 3.34. The van der Waals surface area contributed by atoms with Crippen LogP contribution in [0.2, 0.25) is 0 Å². The average molecular weight is 304 g/mol. The van der Waals surface area contributed by atoms with Crippen LogP contribution in [0, 0.1) is 25.2 Å². The zero-order valence-electron chi connectivity index (χ0n) is 13.0. The third-order valence-corrected chi connectivity index (χ3v) is 3.34. The van der Waals surface area contributed by atoms with Crippen molar-refractivity contribution in [3.63, 3.8) is 0 Å². The standard InChI is InChI=1S/C15H20N4O3/c1-9-12(10(2)19-15(22)13(9)8-16)4-5-14(21)18-7-6-17-11(3)20/h4-7H2,1-3H3,(H,17,20)(H,18,21)(H,19,22). The predicted molar refractivity (Wildman–Crippen MR) is 81.3 cm³/mol. The molecule has 0 bridgehead atoms. The Balaban J connectivity index is 2.62. The first-order valence-corrected chi connectivity index (χ1v) is 7.00. The van der Waals surface area contributed by atoms with E-state index in [1.165, 1.54) is 6.92 Å². The lowest BCUT2D eigenvalue weighted by molar-refractivity contribution is -0.122. The summed E-state index contributed by atoms with van der Waals surface area (Å²) in [5.74, 6) is -0.286. The van der Waals surface area contributed by atoms with E-state index in [0.29, 0.717) is 30.8 Å². The van der Waals surface area contributed by atoms with E-state index in [1.54, 1.807) is 13.8 Å². The summed E-state index contributed by atoms with van der Waals surface area (Å²) in [6.45, 7) is 5.63. The Kier molecular flexibility index (Phi) is 6.32. The van der Waals surface area contributed by atoms with Gasteiger partial charge in [-0.25, -0.2) is 0 Å². The van der Waals surface area contributed by atoms with Crippen LogP contribution in [-0.2, 0) is 16.0 Å². The van der Waals surface area contributed by atoms with Crippen molar-refractivity contribution >= 4 is 11.8 Å². The predicted octanol–water partition coefficient (Wildman–Crippen LogP) is 0.0483. The van der Waals surface area contributed by atoms with Gasteiger partial charge in [0, 0.05) is 32.1 Å². The minimum Gasteiger partial charge on any atom is -0.355 e. The Bertz CT molecular complexity index is 671. The quantitative estimate of drug-likeness (QED) is 0.644. The molecule has 1 aromatic rings. The fourth-order valence-electron chi connectivity index (χ4n) is 2.19. The highest BCUT2D eigenvalue weighted by Gasteiger charge is 2.13. The van der Waals surface area contributed by atoms with E-state index in [1.807, 2.05) is 6.07 Å². The first kappa shape index (κ1) is 17.4. The molecule has 0 aromatic carbocycles. The van der Waals surface area contributed by atoms with Crippen molar-refractivity contribution in [2.75, 3.05) is 13.1 Å². The van der Waals surface area contributed by atoms with Crippen LogP contribution in [0.25, 0.3) is 0 Å². The molecule has 1 rings (SSSR count). The number of rotatable bonds is 6. The van der Waals surface area contributed by atoms with Crippen molar-refractivity contribution in [2.45, 2.75) is 33.6 Å². The number of aromatic nitrogens is 1. The van der Waals surface area contributed by atoms with Gasteiger partial charge < -0.3 is 15.6 Å². The number of carbonyl (C=O) groups is 2. The lowest BCUT2D eigenvalue weighted by Gasteiger charge is -2.11. The molecule has 0 unspecified atom stereocenters. The minimum absolute atomic E-state index is 0.0895. The van der Waals surface area contributed by atoms with E-state index < -0.39 is 5.56 Å². The second-order valence-corrected chi connectivity index (χ2v) is 5.00. The molecule has 118 valence electrons. The molecule has 0 aliphatic heterocycles. The van der Waals surface area contributed by atoms with Gasteiger partial charge in [0.05, 0.1) is 0 Å². The molecule has 7 heteroatoms. The number of nitrogens with zero attached hydrogens (tertiary/aromatic N) is 1. The summed E-state index contributed by atoms with van der Waals surface area (Å²) < 4.78 is 0. The van der Waals surface area contributed by atoms with Crippen LogP contribution in [0.15, 0.2) is 4.79 Å². The molecular formula is C15H20N4O3. The summed E-state index contributed by atoms with van der Waals surface area (Å²) in [6, 6.07) is 1.89. The Hall–Kier alpha value is -2.62. The Morgan fingerprint density at radius 1 is 1.23 bits per heavy atom. The summed E-state index contributed by atoms with van der Waals surface area (Å²) in [5, 5.41) is 14.3. The van der Waals surface area contributed by atoms with E-state index in [-0.39, 0.29) is 23.8 Å². The van der Waals surface area contributed by atoms with Gasteiger partial charge in [0.2, 0.25) is 11.8 Å². The van der Waals surface area contributed by atoms with Gasteiger partial charge in [0.15, 0.2) is 0 Å². The molecule has 0 atom stereocenters. The summed E-state index contributed by atoms with van der Waals surface area (Å²) in [5.41, 5.74) is 1.79. The number of carbonyl (C=O) groups excluding carboxylic acids is 2. The van der Waals surface area contributed by atoms with Crippen molar-refractivity contribution in [2.24, 2.45) is 0 Å². The number of nitriles is 1. The molecule has 2 amide bonds. The third kappa shape index (κ3) is 4.74. The molecule has 0 aliphatic rings. The van der Waals surface area contributed by atoms with Gasteiger partial charge >= 0.3 is 0 Å². The highest BCUT2D eigenvalue weighted by atomic mass is 16.2. The Morgan fingerprint density at radius 3 is 2.45 bits per heavy atom. The number of hydrogen-bond donors (Lipinski definition) is 3. The Morgan fingerprint density at radius 2 is 1.86 bits per heavy atom. The molecule has 1 aromatic heterocycles. The molecular weight excluding hydrogens is 284 g/mol. The molecule has 0 saturated carbocycles. The van der Waals surface area contributed by atoms with Crippen LogP contribution in [0.5, 0.6) is 0 Å². The van der Waals surface area contributed by atoms with Crippen molar-refractivity contribution < 1.29 is 9.59 Å². The molecule has 22 heavy (non-hydrogen) atoms. The zero-order chi connectivity index (χ0) is 16.7. The van der Waals surface area contributed by atoms with Crippen LogP contribution in [0.1, 0.15) is 35.7 Å². The van der Waals surface area contributed by atoms with Gasteiger partial charge in [-0.3, -0.25) is 14.4 Å². The maximum Gasteiger partial charge on any atom is 0.266 e. The van der Waals surface area contributed by atoms with Gasteiger partial charge in [-0.15, -0.1) is 0 Å². The molecule has 7 nitrogen and oxygen atoms in total. The monoisotopic (exact) mass is 304 g/mol. The van der Waals surface area contributed by atoms with Crippen molar-refractivity contribution in [1.29, 1.82) is 5.26 Å². The normalized spacial score (nSPS) is 9.91. The van der Waals surface area contributed by atoms with Gasteiger partial charge in [0.25, 0.3) is 5.56 Å². The summed E-state index contributed by atoms with van der Waals surface area (Å²) in [4.78, 5) is 36.7. The number of amides is 2. The van der Waals surface area contributed by atoms with Crippen LogP contribution >= 0.6 is 0 Å². The maximum absolute atomic E-state index is 11.7. The van der Waals surface area contributed by atoms with Gasteiger partial charge in [-0.2, -0.15) is 5.26 Å². The number of pyridine rings is 1. The van der Waals surface area contributed by atoms with Crippen molar-refractivity contribution in [3.05, 3.63) is 32.7 Å². The number of nitrogens with one attached hydrogen (secondary N) is 3. The lowest BCUT2D eigenvalue weighted by Crippen LogP contribution is -2.33. The molecule has 0 aliphatic carbocycles. The van der Waals surface area contributed by atoms with E-state index in [2.05, 4.69) is 15.6 Å². The fraction of sp³-hybridized carbons (Fsp3) is 0.467. The minimum atomic E-state index is -0.402. The van der Waals surface area contributed by atoms with E-state index in [4.69, 9.17) is 5.26 Å². The van der Waals surface area contributed by atoms with Gasteiger partial charge in [0.1, 0.15) is 11.6 Å². The Labute approximate surface area is 128 Å². The second-order valence-electron chi connectivity index (χ2n) is 5.00. The molecule has 0 saturated heterocycles. The van der Waals surface area contributed by atoms with Crippen molar-refractivity contribution in [1.82, 2.24) is 15.6 Å². The maximum atomic E-state index is 11.7. The topological polar surface area (TPSA) is 115 Å². The summed E-state index contributed by atoms with van der Waals surface area (Å²) >= 11 is 0. The van der Waals surface area contributed by atoms with Crippen LogP contribution in [0.3, 0.4) is 0 Å². The molecule has 0 fully saturated rings. The highest BCUT2D eigenvalue weighted by molar-refractivity contribution is 5.76. The first-order chi connectivity index (χ1) is 10.4. The van der Waals surface area contributed by atoms with Crippen LogP contribution in [0.4, 0.5) is 0 Å². The first-order valence-electron chi connectivity index (χ1n) is 7.00. The largest absolute Gasteiger partial charge is 0.355 e. The molecule has 0 radical (unpaired) electrons. The molecule has 0 spiro atoms. The smallest absolute Gasteiger partial charge is 0.266 e. The van der Waals surface area contributed by atoms with Crippen LogP contribution in [-0.4, -0.2) is 29.9 Å². The van der Waals surface area contributed by atoms with E-state index >= 15 is 0 Å². The zero-order valence-corrected chi connectivity index (χ0v) is 13.0. The number of H-pyrrole nitrogens is 1. The van der Waals surface area contributed by atoms with Crippen LogP contribution < -0.4 is 16.2 Å². The van der Waals surface area contributed by atoms with E-state index in [9.17, 15) is 14.4 Å². The van der Waals surface area contributed by atoms with Crippen molar-refractivity contribution in [3.8, 4) is 6.07 Å². The summed E-state index contributed by atoms with van der Waals surface area (Å²) in [7, 11) is 0. The number of aryl methyl sites for hydroxylation is 1. The lowest BCUT2D eigenvalue weighted by atomic mass is 9.99. The van der Waals surface area contributed by atoms with E-state index in [0.717, 1.165) is 5.56 Å². The van der Waals surface area contributed by atoms with Gasteiger partial charge in [-0.1, -0.05) is 0 Å². The van der Waals surface area contributed by atoms with Gasteiger partial charge in [-0.05, 0) is 31.4 Å². The SMILES string of the molecule is CC(=O)NCCNC(=O)CCc1c(C)[nH]c(=O)c(C#N)c1C. The summed E-state index contributed by atoms with van der Waals surface area (Å²) in [6.07, 6.45) is 0.688. The second kappa shape index (κ2) is 7.98. The molecule has 3 N–H and O–H groups in total. The number of hydrogen-bond acceptors (Lipinski definition) is 4. The highest BCUT2D eigenvalue weighted by Crippen LogP contribution is 2.14. The fourth-order valence-corrected chi connectivity index (χ4v) is 2.19. The molecule has 1 heterocycles. The number of aromatic amines is 1.